The van der Waals surface area contributed by atoms with Crippen molar-refractivity contribution in [1.82, 2.24) is 10.2 Å². The van der Waals surface area contributed by atoms with Crippen molar-refractivity contribution >= 4 is 41.2 Å². The first kappa shape index (κ1) is 20.3. The van der Waals surface area contributed by atoms with Gasteiger partial charge >= 0.3 is 0 Å². The lowest BCUT2D eigenvalue weighted by Crippen LogP contribution is -2.23. The zero-order valence-corrected chi connectivity index (χ0v) is 16.9. The van der Waals surface area contributed by atoms with Crippen LogP contribution in [0, 0.1) is 0 Å². The zero-order valence-electron chi connectivity index (χ0n) is 16.0. The number of amides is 1. The van der Waals surface area contributed by atoms with Gasteiger partial charge in [0.05, 0.1) is 0 Å². The molecule has 2 rings (SSSR count). The highest BCUT2D eigenvalue weighted by Crippen LogP contribution is 2.34. The van der Waals surface area contributed by atoms with Gasteiger partial charge in [0.15, 0.2) is 0 Å². The molecular formula is C21H29N3OS. The van der Waals surface area contributed by atoms with Gasteiger partial charge in [-0.05, 0) is 56.3 Å². The predicted octanol–water partition coefficient (Wildman–Crippen LogP) is 3.42. The van der Waals surface area contributed by atoms with Gasteiger partial charge in [0.2, 0.25) is 6.41 Å². The summed E-state index contributed by atoms with van der Waals surface area (Å²) in [6, 6.07) is 10.5. The van der Waals surface area contributed by atoms with Crippen LogP contribution in [-0.4, -0.2) is 51.3 Å². The molecular weight excluding hydrogens is 342 g/mol. The summed E-state index contributed by atoms with van der Waals surface area (Å²) in [5.74, 6) is 0.773. The number of aryl methyl sites for hydroxylation is 1. The maximum atomic E-state index is 10.9. The molecule has 0 unspecified atom stereocenters. The average Bonchev–Trinajstić information content (AvgIpc) is 2.61. The summed E-state index contributed by atoms with van der Waals surface area (Å²) in [6.45, 7) is 6.07. The highest BCUT2D eigenvalue weighted by molar-refractivity contribution is 7.80. The maximum Gasteiger partial charge on any atom is 0.211 e. The summed E-state index contributed by atoms with van der Waals surface area (Å²) < 4.78 is 0. The molecule has 1 amide bonds. The molecule has 0 spiro atoms. The fraction of sp³-hybridized carbons (Fsp3) is 0.381. The number of anilines is 1. The van der Waals surface area contributed by atoms with E-state index in [0.717, 1.165) is 42.6 Å². The Morgan fingerprint density at radius 3 is 2.62 bits per heavy atom. The van der Waals surface area contributed by atoms with Gasteiger partial charge in [0, 0.05) is 35.9 Å². The van der Waals surface area contributed by atoms with Crippen molar-refractivity contribution in [1.29, 1.82) is 0 Å². The summed E-state index contributed by atoms with van der Waals surface area (Å²) >= 11 is 4.41. The molecule has 2 aromatic carbocycles. The SMILES string of the molecule is C=C(NC=O)c1ccc(N(C)CCCN(C)C)c2cccc(CCS)c12. The van der Waals surface area contributed by atoms with E-state index in [-0.39, 0.29) is 0 Å². The van der Waals surface area contributed by atoms with Crippen LogP contribution in [0.15, 0.2) is 36.9 Å². The van der Waals surface area contributed by atoms with Crippen molar-refractivity contribution in [2.75, 3.05) is 44.9 Å². The Hall–Kier alpha value is -1.98. The Balaban J connectivity index is 2.50. The number of hydrogen-bond acceptors (Lipinski definition) is 4. The molecule has 0 saturated heterocycles. The van der Waals surface area contributed by atoms with Crippen molar-refractivity contribution in [3.8, 4) is 0 Å². The molecule has 4 nitrogen and oxygen atoms in total. The third-order valence-corrected chi connectivity index (χ3v) is 4.78. The van der Waals surface area contributed by atoms with Crippen molar-refractivity contribution < 1.29 is 4.79 Å². The van der Waals surface area contributed by atoms with Crippen LogP contribution in [0.5, 0.6) is 0 Å². The zero-order chi connectivity index (χ0) is 19.1. The number of thiol groups is 1. The summed E-state index contributed by atoms with van der Waals surface area (Å²) in [5.41, 5.74) is 4.01. The lowest BCUT2D eigenvalue weighted by atomic mass is 9.94. The van der Waals surface area contributed by atoms with Crippen molar-refractivity contribution in [2.24, 2.45) is 0 Å². The minimum atomic E-state index is 0.624. The number of fused-ring (bicyclic) bond motifs is 1. The maximum absolute atomic E-state index is 10.9. The first-order chi connectivity index (χ1) is 12.5. The van der Waals surface area contributed by atoms with Gasteiger partial charge in [-0.2, -0.15) is 12.6 Å². The number of hydrogen-bond donors (Lipinski definition) is 2. The fourth-order valence-corrected chi connectivity index (χ4v) is 3.51. The van der Waals surface area contributed by atoms with Crippen LogP contribution in [0.1, 0.15) is 17.5 Å². The van der Waals surface area contributed by atoms with Gasteiger partial charge in [-0.3, -0.25) is 4.79 Å². The summed E-state index contributed by atoms with van der Waals surface area (Å²) in [4.78, 5) is 15.4. The molecule has 0 saturated carbocycles. The number of carbonyl (C=O) groups excluding carboxylic acids is 1. The molecule has 0 heterocycles. The second-order valence-corrected chi connectivity index (χ2v) is 7.21. The van der Waals surface area contributed by atoms with Gasteiger partial charge in [-0.15, -0.1) is 0 Å². The molecule has 140 valence electrons. The van der Waals surface area contributed by atoms with Gasteiger partial charge < -0.3 is 15.1 Å². The van der Waals surface area contributed by atoms with E-state index in [0.29, 0.717) is 12.1 Å². The van der Waals surface area contributed by atoms with E-state index in [9.17, 15) is 4.79 Å². The van der Waals surface area contributed by atoms with E-state index in [1.807, 2.05) is 0 Å². The Morgan fingerprint density at radius 1 is 1.19 bits per heavy atom. The minimum Gasteiger partial charge on any atom is -0.374 e. The van der Waals surface area contributed by atoms with E-state index >= 15 is 0 Å². The Labute approximate surface area is 162 Å². The molecule has 0 radical (unpaired) electrons. The van der Waals surface area contributed by atoms with Gasteiger partial charge in [0.1, 0.15) is 0 Å². The van der Waals surface area contributed by atoms with Crippen LogP contribution in [0.3, 0.4) is 0 Å². The fourth-order valence-electron chi connectivity index (χ4n) is 3.27. The first-order valence-corrected chi connectivity index (χ1v) is 9.53. The van der Waals surface area contributed by atoms with E-state index in [1.54, 1.807) is 0 Å². The Bertz CT molecular complexity index is 773. The molecule has 26 heavy (non-hydrogen) atoms. The molecule has 0 aromatic heterocycles. The monoisotopic (exact) mass is 371 g/mol. The number of benzene rings is 2. The minimum absolute atomic E-state index is 0.624. The first-order valence-electron chi connectivity index (χ1n) is 8.90. The van der Waals surface area contributed by atoms with E-state index < -0.39 is 0 Å². The largest absolute Gasteiger partial charge is 0.374 e. The van der Waals surface area contributed by atoms with Crippen LogP contribution < -0.4 is 10.2 Å². The van der Waals surface area contributed by atoms with Crippen LogP contribution in [0.4, 0.5) is 5.69 Å². The van der Waals surface area contributed by atoms with Gasteiger partial charge in [-0.1, -0.05) is 30.8 Å². The standard InChI is InChI=1S/C21H29N3OS/c1-16(22-15-25)18-9-10-20(24(4)13-6-12-23(2)3)19-8-5-7-17(11-14-26)21(18)19/h5,7-10,15,26H,1,6,11-14H2,2-4H3,(H,22,25). The highest BCUT2D eigenvalue weighted by Gasteiger charge is 2.14. The Kier molecular flexibility index (Phi) is 7.54. The van der Waals surface area contributed by atoms with Crippen molar-refractivity contribution in [3.05, 3.63) is 48.0 Å². The summed E-state index contributed by atoms with van der Waals surface area (Å²) in [6.07, 6.45) is 2.65. The number of carbonyl (C=O) groups is 1. The third-order valence-electron chi connectivity index (χ3n) is 4.55. The number of rotatable bonds is 10. The number of nitrogens with one attached hydrogen (secondary N) is 1. The molecule has 0 aliphatic rings. The normalized spacial score (nSPS) is 11.0. The topological polar surface area (TPSA) is 35.6 Å². The van der Waals surface area contributed by atoms with Crippen LogP contribution in [0.25, 0.3) is 16.5 Å². The molecule has 0 atom stereocenters. The van der Waals surface area contributed by atoms with Gasteiger partial charge in [0.25, 0.3) is 0 Å². The quantitative estimate of drug-likeness (QED) is 0.496. The Morgan fingerprint density at radius 2 is 1.96 bits per heavy atom. The molecule has 0 bridgehead atoms. The van der Waals surface area contributed by atoms with Crippen molar-refractivity contribution in [3.63, 3.8) is 0 Å². The third kappa shape index (κ3) is 4.80. The molecule has 0 fully saturated rings. The highest BCUT2D eigenvalue weighted by atomic mass is 32.1. The molecule has 0 aliphatic carbocycles. The van der Waals surface area contributed by atoms with Crippen LogP contribution in [-0.2, 0) is 11.2 Å². The van der Waals surface area contributed by atoms with Crippen LogP contribution in [0.2, 0.25) is 0 Å². The van der Waals surface area contributed by atoms with E-state index in [1.165, 1.54) is 16.6 Å². The number of nitrogens with zero attached hydrogens (tertiary/aromatic N) is 2. The van der Waals surface area contributed by atoms with Gasteiger partial charge in [-0.25, -0.2) is 0 Å². The molecule has 2 aromatic rings. The lowest BCUT2D eigenvalue weighted by molar-refractivity contribution is -0.108. The molecule has 1 N–H and O–H groups in total. The molecule has 0 aliphatic heterocycles. The lowest BCUT2D eigenvalue weighted by Gasteiger charge is -2.24. The van der Waals surface area contributed by atoms with Crippen molar-refractivity contribution in [2.45, 2.75) is 12.8 Å². The van der Waals surface area contributed by atoms with E-state index in [2.05, 4.69) is 85.8 Å². The summed E-state index contributed by atoms with van der Waals surface area (Å²) in [7, 11) is 6.33. The second-order valence-electron chi connectivity index (χ2n) is 6.76. The van der Waals surface area contributed by atoms with Crippen LogP contribution >= 0.6 is 12.6 Å². The average molecular weight is 372 g/mol. The van der Waals surface area contributed by atoms with E-state index in [4.69, 9.17) is 0 Å². The summed E-state index contributed by atoms with van der Waals surface area (Å²) in [5, 5.41) is 5.04. The second kappa shape index (κ2) is 9.64. The smallest absolute Gasteiger partial charge is 0.211 e. The predicted molar refractivity (Wildman–Crippen MR) is 116 cm³/mol. The molecule has 5 heteroatoms.